The van der Waals surface area contributed by atoms with Crippen molar-refractivity contribution < 1.29 is 13.6 Å². The van der Waals surface area contributed by atoms with Crippen molar-refractivity contribution in [1.82, 2.24) is 10.2 Å². The van der Waals surface area contributed by atoms with E-state index in [1.165, 1.54) is 18.2 Å². The van der Waals surface area contributed by atoms with Crippen LogP contribution in [0.2, 0.25) is 0 Å². The summed E-state index contributed by atoms with van der Waals surface area (Å²) in [5, 5.41) is 2.90. The van der Waals surface area contributed by atoms with Crippen LogP contribution < -0.4 is 10.2 Å². The largest absolute Gasteiger partial charge is 0.367 e. The normalized spacial score (nSPS) is 15.1. The quantitative estimate of drug-likeness (QED) is 0.861. The molecule has 0 aliphatic carbocycles. The van der Waals surface area contributed by atoms with Gasteiger partial charge in [-0.3, -0.25) is 9.69 Å². The number of hydrogen-bond donors (Lipinski definition) is 1. The number of rotatable bonds is 6. The number of amides is 1. The van der Waals surface area contributed by atoms with Crippen molar-refractivity contribution >= 4 is 11.6 Å². The van der Waals surface area contributed by atoms with Crippen LogP contribution in [0.15, 0.2) is 48.5 Å². The van der Waals surface area contributed by atoms with Gasteiger partial charge in [-0.1, -0.05) is 24.3 Å². The van der Waals surface area contributed by atoms with Gasteiger partial charge in [-0.05, 0) is 29.8 Å². The smallest absolute Gasteiger partial charge is 0.224 e. The number of piperazine rings is 1. The Kier molecular flexibility index (Phi) is 6.17. The number of benzene rings is 2. The minimum absolute atomic E-state index is 0.0680. The summed E-state index contributed by atoms with van der Waals surface area (Å²) in [7, 11) is 0. The monoisotopic (exact) mass is 359 g/mol. The molecule has 4 nitrogen and oxygen atoms in total. The molecule has 2 aromatic carbocycles. The third-order valence-corrected chi connectivity index (χ3v) is 4.59. The van der Waals surface area contributed by atoms with E-state index in [2.05, 4.69) is 15.1 Å². The molecule has 0 bridgehead atoms. The molecule has 3 rings (SSSR count). The minimum Gasteiger partial charge on any atom is -0.367 e. The van der Waals surface area contributed by atoms with Gasteiger partial charge in [-0.15, -0.1) is 0 Å². The van der Waals surface area contributed by atoms with Gasteiger partial charge in [-0.25, -0.2) is 8.78 Å². The molecule has 0 atom stereocenters. The van der Waals surface area contributed by atoms with Crippen LogP contribution in [0.5, 0.6) is 0 Å². The Labute approximate surface area is 152 Å². The first kappa shape index (κ1) is 18.3. The summed E-state index contributed by atoms with van der Waals surface area (Å²) in [5.74, 6) is -0.556. The van der Waals surface area contributed by atoms with Gasteiger partial charge in [0.15, 0.2) is 0 Å². The van der Waals surface area contributed by atoms with E-state index in [-0.39, 0.29) is 24.0 Å². The fraction of sp³-hybridized carbons (Fsp3) is 0.350. The van der Waals surface area contributed by atoms with Gasteiger partial charge in [0.2, 0.25) is 5.91 Å². The fourth-order valence-corrected chi connectivity index (χ4v) is 3.12. The second-order valence-corrected chi connectivity index (χ2v) is 6.43. The van der Waals surface area contributed by atoms with E-state index in [9.17, 15) is 13.6 Å². The summed E-state index contributed by atoms with van der Waals surface area (Å²) in [4.78, 5) is 16.3. The van der Waals surface area contributed by atoms with Crippen LogP contribution in [-0.2, 0) is 11.2 Å². The average molecular weight is 359 g/mol. The number of para-hydroxylation sites is 1. The second kappa shape index (κ2) is 8.76. The Balaban J connectivity index is 1.37. The van der Waals surface area contributed by atoms with Gasteiger partial charge in [0.05, 0.1) is 12.1 Å². The summed E-state index contributed by atoms with van der Waals surface area (Å²) < 4.78 is 26.7. The third kappa shape index (κ3) is 5.02. The molecule has 6 heteroatoms. The maximum absolute atomic E-state index is 13.8. The molecule has 0 spiro atoms. The molecule has 0 unspecified atom stereocenters. The van der Waals surface area contributed by atoms with Crippen molar-refractivity contribution in [1.29, 1.82) is 0 Å². The molecule has 1 heterocycles. The maximum atomic E-state index is 13.8. The molecule has 0 radical (unpaired) electrons. The highest BCUT2D eigenvalue weighted by Gasteiger charge is 2.19. The molecule has 1 N–H and O–H groups in total. The van der Waals surface area contributed by atoms with Crippen LogP contribution >= 0.6 is 0 Å². The summed E-state index contributed by atoms with van der Waals surface area (Å²) in [6, 6.07) is 12.8. The van der Waals surface area contributed by atoms with Crippen molar-refractivity contribution in [2.75, 3.05) is 44.2 Å². The highest BCUT2D eigenvalue weighted by molar-refractivity contribution is 5.78. The number of nitrogens with one attached hydrogen (secondary N) is 1. The molecular weight excluding hydrogens is 336 g/mol. The van der Waals surface area contributed by atoms with Gasteiger partial charge in [0, 0.05) is 39.3 Å². The highest BCUT2D eigenvalue weighted by Crippen LogP contribution is 2.19. The predicted molar refractivity (Wildman–Crippen MR) is 98.2 cm³/mol. The predicted octanol–water partition coefficient (Wildman–Crippen LogP) is 2.45. The Morgan fingerprint density at radius 2 is 1.65 bits per heavy atom. The number of halogens is 2. The number of hydrogen-bond acceptors (Lipinski definition) is 3. The van der Waals surface area contributed by atoms with Crippen molar-refractivity contribution in [3.8, 4) is 0 Å². The Bertz CT molecular complexity index is 728. The van der Waals surface area contributed by atoms with E-state index in [0.717, 1.165) is 38.3 Å². The van der Waals surface area contributed by atoms with Crippen molar-refractivity contribution in [2.45, 2.75) is 6.42 Å². The molecule has 1 aliphatic rings. The van der Waals surface area contributed by atoms with Crippen LogP contribution in [0, 0.1) is 11.6 Å². The standard InChI is InChI=1S/C20H23F2N3O/c21-17-7-5-16(6-8-17)15-20(26)23-9-10-24-11-13-25(14-12-24)19-4-2-1-3-18(19)22/h1-8H,9-15H2,(H,23,26). The lowest BCUT2D eigenvalue weighted by Gasteiger charge is -2.36. The third-order valence-electron chi connectivity index (χ3n) is 4.59. The number of carbonyl (C=O) groups excluding carboxylic acids is 1. The Hall–Kier alpha value is -2.47. The number of nitrogens with zero attached hydrogens (tertiary/aromatic N) is 2. The van der Waals surface area contributed by atoms with Gasteiger partial charge in [0.1, 0.15) is 11.6 Å². The molecular formula is C20H23F2N3O. The van der Waals surface area contributed by atoms with E-state index < -0.39 is 0 Å². The van der Waals surface area contributed by atoms with Crippen molar-refractivity contribution in [3.63, 3.8) is 0 Å². The molecule has 26 heavy (non-hydrogen) atoms. The molecule has 0 saturated carbocycles. The van der Waals surface area contributed by atoms with E-state index in [1.54, 1.807) is 24.3 Å². The number of anilines is 1. The van der Waals surface area contributed by atoms with E-state index in [1.807, 2.05) is 6.07 Å². The molecule has 0 aromatic heterocycles. The molecule has 1 amide bonds. The minimum atomic E-state index is -0.302. The van der Waals surface area contributed by atoms with Crippen LogP contribution in [0.4, 0.5) is 14.5 Å². The lowest BCUT2D eigenvalue weighted by Crippen LogP contribution is -2.48. The highest BCUT2D eigenvalue weighted by atomic mass is 19.1. The summed E-state index contributed by atoms with van der Waals surface area (Å²) in [5.41, 5.74) is 1.45. The topological polar surface area (TPSA) is 35.6 Å². The van der Waals surface area contributed by atoms with E-state index in [0.29, 0.717) is 12.2 Å². The molecule has 1 saturated heterocycles. The SMILES string of the molecule is O=C(Cc1ccc(F)cc1)NCCN1CCN(c2ccccc2F)CC1. The lowest BCUT2D eigenvalue weighted by atomic mass is 10.1. The zero-order chi connectivity index (χ0) is 18.4. The first-order valence-electron chi connectivity index (χ1n) is 8.85. The van der Waals surface area contributed by atoms with Gasteiger partial charge in [0.25, 0.3) is 0 Å². The first-order chi connectivity index (χ1) is 12.6. The summed E-state index contributed by atoms with van der Waals surface area (Å²) in [6.45, 7) is 4.54. The Morgan fingerprint density at radius 1 is 0.962 bits per heavy atom. The summed E-state index contributed by atoms with van der Waals surface area (Å²) in [6.07, 6.45) is 0.251. The van der Waals surface area contributed by atoms with Gasteiger partial charge < -0.3 is 10.2 Å². The van der Waals surface area contributed by atoms with Gasteiger partial charge in [-0.2, -0.15) is 0 Å². The first-order valence-corrected chi connectivity index (χ1v) is 8.85. The van der Waals surface area contributed by atoms with Crippen LogP contribution in [0.3, 0.4) is 0 Å². The van der Waals surface area contributed by atoms with E-state index in [4.69, 9.17) is 0 Å². The van der Waals surface area contributed by atoms with Crippen molar-refractivity contribution in [2.24, 2.45) is 0 Å². The molecule has 2 aromatic rings. The molecule has 1 aliphatic heterocycles. The lowest BCUT2D eigenvalue weighted by molar-refractivity contribution is -0.120. The zero-order valence-electron chi connectivity index (χ0n) is 14.6. The zero-order valence-corrected chi connectivity index (χ0v) is 14.6. The van der Waals surface area contributed by atoms with Crippen LogP contribution in [0.1, 0.15) is 5.56 Å². The Morgan fingerprint density at radius 3 is 2.35 bits per heavy atom. The van der Waals surface area contributed by atoms with Crippen molar-refractivity contribution in [3.05, 3.63) is 65.7 Å². The molecule has 1 fully saturated rings. The second-order valence-electron chi connectivity index (χ2n) is 6.43. The van der Waals surface area contributed by atoms with Gasteiger partial charge >= 0.3 is 0 Å². The van der Waals surface area contributed by atoms with Crippen LogP contribution in [-0.4, -0.2) is 50.1 Å². The van der Waals surface area contributed by atoms with E-state index >= 15 is 0 Å². The van der Waals surface area contributed by atoms with Crippen LogP contribution in [0.25, 0.3) is 0 Å². The molecule has 138 valence electrons. The fourth-order valence-electron chi connectivity index (χ4n) is 3.12. The number of carbonyl (C=O) groups is 1. The maximum Gasteiger partial charge on any atom is 0.224 e. The summed E-state index contributed by atoms with van der Waals surface area (Å²) >= 11 is 0. The average Bonchev–Trinajstić information content (AvgIpc) is 2.65.